The molecule has 3 amide bonds. The predicted molar refractivity (Wildman–Crippen MR) is 228 cm³/mol. The molecular formula is C45H53FN6O10S. The molecule has 1 unspecified atom stereocenters. The quantitative estimate of drug-likeness (QED) is 0.114. The van der Waals surface area contributed by atoms with Gasteiger partial charge in [-0.3, -0.25) is 24.4 Å². The number of methoxy groups -OCH3 is 1. The van der Waals surface area contributed by atoms with Crippen molar-refractivity contribution in [1.29, 1.82) is 0 Å². The fourth-order valence-corrected chi connectivity index (χ4v) is 10.4. The Bertz CT molecular complexity index is 2540. The van der Waals surface area contributed by atoms with Crippen molar-refractivity contribution in [2.45, 2.75) is 131 Å². The number of amides is 3. The number of sulfonamides is 1. The number of furan rings is 1. The summed E-state index contributed by atoms with van der Waals surface area (Å²) >= 11 is 0. The number of rotatable bonds is 11. The van der Waals surface area contributed by atoms with Gasteiger partial charge in [-0.25, -0.2) is 17.8 Å². The Morgan fingerprint density at radius 2 is 1.79 bits per heavy atom. The summed E-state index contributed by atoms with van der Waals surface area (Å²) in [6.45, 7) is 1.48. The number of benzene rings is 2. The zero-order chi connectivity index (χ0) is 44.1. The fourth-order valence-electron chi connectivity index (χ4n) is 9.08. The van der Waals surface area contributed by atoms with Crippen molar-refractivity contribution in [1.82, 2.24) is 30.2 Å². The molecular weight excluding hydrogens is 836 g/mol. The second kappa shape index (κ2) is 17.1. The van der Waals surface area contributed by atoms with Crippen LogP contribution in [0.5, 0.6) is 11.6 Å². The molecule has 18 heteroatoms. The van der Waals surface area contributed by atoms with Crippen molar-refractivity contribution >= 4 is 49.8 Å². The molecule has 0 bridgehead atoms. The van der Waals surface area contributed by atoms with Crippen LogP contribution in [0.1, 0.15) is 90.4 Å². The van der Waals surface area contributed by atoms with Crippen molar-refractivity contribution in [3.05, 3.63) is 60.4 Å². The molecule has 5 aliphatic rings. The Hall–Kier alpha value is -5.17. The van der Waals surface area contributed by atoms with Crippen molar-refractivity contribution in [2.75, 3.05) is 13.7 Å². The summed E-state index contributed by atoms with van der Waals surface area (Å²) in [5.41, 5.74) is -0.0101. The Kier molecular flexibility index (Phi) is 11.7. The third kappa shape index (κ3) is 8.74. The Labute approximate surface area is 364 Å². The molecule has 6 atom stereocenters. The Morgan fingerprint density at radius 3 is 2.54 bits per heavy atom. The van der Waals surface area contributed by atoms with Gasteiger partial charge in [-0.1, -0.05) is 37.8 Å². The zero-order valence-corrected chi connectivity index (χ0v) is 36.1. The number of halogens is 1. The minimum atomic E-state index is -4.03. The number of hydrogen-bond donors (Lipinski definition) is 4. The van der Waals surface area contributed by atoms with Gasteiger partial charge in [-0.2, -0.15) is 4.98 Å². The van der Waals surface area contributed by atoms with Crippen LogP contribution in [0.4, 0.5) is 4.39 Å². The number of nitrogens with zero attached hydrogens (tertiary/aromatic N) is 3. The highest BCUT2D eigenvalue weighted by molar-refractivity contribution is 7.91. The number of carbonyl (C=O) groups is 3. The molecule has 3 aliphatic carbocycles. The van der Waals surface area contributed by atoms with Crippen molar-refractivity contribution in [2.24, 2.45) is 5.92 Å². The molecule has 2 aromatic carbocycles. The van der Waals surface area contributed by atoms with E-state index in [1.165, 1.54) is 17.0 Å². The number of allylic oxidation sites excluding steroid dienone is 1. The average molecular weight is 889 g/mol. The summed E-state index contributed by atoms with van der Waals surface area (Å²) in [7, 11) is -2.49. The van der Waals surface area contributed by atoms with Gasteiger partial charge in [0.1, 0.15) is 40.4 Å². The number of aliphatic hydroxyl groups is 1. The summed E-state index contributed by atoms with van der Waals surface area (Å²) in [6, 6.07) is 8.76. The maximum Gasteiger partial charge on any atom is 0.262 e. The molecule has 2 aromatic heterocycles. The molecule has 3 saturated carbocycles. The van der Waals surface area contributed by atoms with E-state index in [0.717, 1.165) is 38.5 Å². The van der Waals surface area contributed by atoms with Crippen LogP contribution in [0, 0.1) is 11.7 Å². The minimum Gasteiger partial charge on any atom is -0.497 e. The first-order valence-corrected chi connectivity index (χ1v) is 23.4. The second-order valence-corrected chi connectivity index (χ2v) is 20.0. The summed E-state index contributed by atoms with van der Waals surface area (Å²) in [5.74, 6) is -2.10. The highest BCUT2D eigenvalue weighted by Crippen LogP contribution is 2.48. The Balaban J connectivity index is 1.06. The van der Waals surface area contributed by atoms with Crippen LogP contribution in [-0.2, 0) is 29.1 Å². The van der Waals surface area contributed by atoms with Gasteiger partial charge in [-0.05, 0) is 101 Å². The highest BCUT2D eigenvalue weighted by atomic mass is 32.2. The lowest BCUT2D eigenvalue weighted by Crippen LogP contribution is -2.59. The van der Waals surface area contributed by atoms with Gasteiger partial charge in [0.2, 0.25) is 33.8 Å². The van der Waals surface area contributed by atoms with Gasteiger partial charge >= 0.3 is 0 Å². The van der Waals surface area contributed by atoms with Gasteiger partial charge in [0.25, 0.3) is 11.8 Å². The van der Waals surface area contributed by atoms with E-state index in [4.69, 9.17) is 28.6 Å². The smallest absolute Gasteiger partial charge is 0.262 e. The standard InChI is InChI=1S/C45H53FN6O10S/c1-44(20-21-44)63(57,58)51-42(55)45-24-27(45)10-6-4-3-5-7-13-33(47-43(56)61-29-11-8-9-12-29)41(54)52-25-31(23-34(52)39(53)50-45)60-40-37-36(32-22-30(59-2)18-19-35(32)62-37)48-38(49-40)26-14-16-28(46)17-15-26/h6,10,14-19,22,27,29,31,33-34,43,47,56H,3-5,7-9,11-13,20-21,23-25H2,1-2H3,(H,50,53)(H,51,55)/b10-6-/t27-,31-,33+,34+,43?,45-/m1/s1. The molecule has 1 saturated heterocycles. The third-order valence-corrected chi connectivity index (χ3v) is 15.5. The molecule has 0 spiro atoms. The number of hydrogen-bond acceptors (Lipinski definition) is 13. The van der Waals surface area contributed by atoms with Gasteiger partial charge in [0, 0.05) is 17.9 Å². The lowest BCUT2D eigenvalue weighted by atomic mass is 10.0. The zero-order valence-electron chi connectivity index (χ0n) is 35.3. The highest BCUT2D eigenvalue weighted by Gasteiger charge is 2.63. The first-order valence-electron chi connectivity index (χ1n) is 21.9. The molecule has 63 heavy (non-hydrogen) atoms. The minimum absolute atomic E-state index is 0.0205. The van der Waals surface area contributed by atoms with Crippen molar-refractivity contribution < 1.29 is 50.9 Å². The molecule has 336 valence electrons. The normalized spacial score (nSPS) is 27.5. The van der Waals surface area contributed by atoms with E-state index in [2.05, 4.69) is 15.4 Å². The average Bonchev–Trinajstić information content (AvgIpc) is 3.93. The second-order valence-electron chi connectivity index (χ2n) is 17.8. The van der Waals surface area contributed by atoms with Crippen LogP contribution in [0.25, 0.3) is 33.5 Å². The number of carbonyl (C=O) groups excluding carboxylic acids is 3. The lowest BCUT2D eigenvalue weighted by Gasteiger charge is -2.31. The molecule has 4 fully saturated rings. The third-order valence-electron chi connectivity index (χ3n) is 13.3. The predicted octanol–water partition coefficient (Wildman–Crippen LogP) is 5.13. The van der Waals surface area contributed by atoms with Crippen LogP contribution in [-0.4, -0.2) is 101 Å². The number of aliphatic hydroxyl groups excluding tert-OH is 1. The molecule has 4 heterocycles. The maximum atomic E-state index is 14.9. The lowest BCUT2D eigenvalue weighted by molar-refractivity contribution is -0.165. The molecule has 4 aromatic rings. The van der Waals surface area contributed by atoms with E-state index in [-0.39, 0.29) is 42.8 Å². The van der Waals surface area contributed by atoms with E-state index in [9.17, 15) is 32.3 Å². The van der Waals surface area contributed by atoms with Gasteiger partial charge in [0.15, 0.2) is 5.82 Å². The van der Waals surface area contributed by atoms with Crippen LogP contribution < -0.4 is 24.8 Å². The summed E-state index contributed by atoms with van der Waals surface area (Å²) < 4.78 is 66.1. The van der Waals surface area contributed by atoms with Crippen LogP contribution in [0.2, 0.25) is 0 Å². The number of ether oxygens (including phenoxy) is 3. The summed E-state index contributed by atoms with van der Waals surface area (Å²) in [5, 5.41) is 17.6. The molecule has 16 nitrogen and oxygen atoms in total. The summed E-state index contributed by atoms with van der Waals surface area (Å²) in [6.07, 6.45) is 9.09. The SMILES string of the molecule is COc1ccc2oc3c(O[C@@H]4C[C@H]5C(=O)N[C@]6(C(=O)NS(=O)(=O)C7(C)CC7)C[C@H]6/C=C\CCCCC[C@H](NC(O)OC6CCCC6)C(=O)N5C4)nc(-c4ccc(F)cc4)nc3c2c1. The van der Waals surface area contributed by atoms with E-state index in [1.807, 2.05) is 12.2 Å². The fraction of sp³-hybridized carbons (Fsp3) is 0.533. The van der Waals surface area contributed by atoms with Crippen LogP contribution in [0.3, 0.4) is 0 Å². The van der Waals surface area contributed by atoms with E-state index >= 15 is 0 Å². The largest absolute Gasteiger partial charge is 0.497 e. The molecule has 2 aliphatic heterocycles. The Morgan fingerprint density at radius 1 is 1.03 bits per heavy atom. The van der Waals surface area contributed by atoms with Gasteiger partial charge < -0.3 is 34.0 Å². The van der Waals surface area contributed by atoms with Crippen molar-refractivity contribution in [3.8, 4) is 23.0 Å². The molecule has 0 radical (unpaired) electrons. The maximum absolute atomic E-state index is 14.9. The van der Waals surface area contributed by atoms with Crippen molar-refractivity contribution in [3.63, 3.8) is 0 Å². The van der Waals surface area contributed by atoms with Gasteiger partial charge in [0.05, 0.1) is 35.9 Å². The number of aromatic nitrogens is 2. The summed E-state index contributed by atoms with van der Waals surface area (Å²) in [4.78, 5) is 54.5. The first-order chi connectivity index (χ1) is 30.3. The first kappa shape index (κ1) is 43.1. The van der Waals surface area contributed by atoms with Crippen LogP contribution >= 0.6 is 0 Å². The van der Waals surface area contributed by atoms with E-state index < -0.39 is 74.4 Å². The van der Waals surface area contributed by atoms with E-state index in [1.54, 1.807) is 44.4 Å². The van der Waals surface area contributed by atoms with Gasteiger partial charge in [-0.15, -0.1) is 0 Å². The topological polar surface area (TPSA) is 212 Å². The number of nitrogens with one attached hydrogen (secondary N) is 3. The van der Waals surface area contributed by atoms with Crippen LogP contribution in [0.15, 0.2) is 59.0 Å². The van der Waals surface area contributed by atoms with E-state index in [0.29, 0.717) is 59.9 Å². The number of fused-ring (bicyclic) bond motifs is 5. The monoisotopic (exact) mass is 888 g/mol. The molecule has 4 N–H and O–H groups in total. The molecule has 9 rings (SSSR count).